The normalized spacial score (nSPS) is 10.5. The second-order valence-electron chi connectivity index (χ2n) is 4.93. The third kappa shape index (κ3) is 4.55. The molecule has 1 aromatic heterocycles. The van der Waals surface area contributed by atoms with E-state index in [2.05, 4.69) is 16.7 Å². The zero-order valence-corrected chi connectivity index (χ0v) is 11.9. The Kier molecular flexibility index (Phi) is 4.96. The van der Waals surface area contributed by atoms with Crippen LogP contribution in [-0.2, 0) is 11.3 Å². The van der Waals surface area contributed by atoms with Crippen LogP contribution in [0.3, 0.4) is 0 Å². The maximum atomic E-state index is 11.8. The lowest BCUT2D eigenvalue weighted by atomic mass is 10.1. The fraction of sp³-hybridized carbons (Fsp3) is 0.312. The monoisotopic (exact) mass is 272 g/mol. The van der Waals surface area contributed by atoms with Gasteiger partial charge in [-0.2, -0.15) is 0 Å². The van der Waals surface area contributed by atoms with Crippen molar-refractivity contribution in [1.29, 1.82) is 0 Å². The summed E-state index contributed by atoms with van der Waals surface area (Å²) in [6.45, 7) is 5.31. The van der Waals surface area contributed by atoms with Crippen LogP contribution in [0.2, 0.25) is 0 Å². The van der Waals surface area contributed by atoms with E-state index in [1.807, 2.05) is 38.1 Å². The van der Waals surface area contributed by atoms with Gasteiger partial charge in [-0.25, -0.2) is 0 Å². The van der Waals surface area contributed by atoms with Crippen molar-refractivity contribution in [3.05, 3.63) is 53.5 Å². The van der Waals surface area contributed by atoms with Crippen molar-refractivity contribution in [1.82, 2.24) is 5.32 Å². The first-order chi connectivity index (χ1) is 9.63. The number of rotatable bonds is 6. The highest BCUT2D eigenvalue weighted by molar-refractivity contribution is 5.91. The maximum Gasteiger partial charge on any atom is 0.225 e. The average molecular weight is 272 g/mol. The molecule has 0 atom stereocenters. The number of benzene rings is 1. The fourth-order valence-corrected chi connectivity index (χ4v) is 2.10. The fourth-order valence-electron chi connectivity index (χ4n) is 2.10. The topological polar surface area (TPSA) is 54.3 Å². The van der Waals surface area contributed by atoms with Crippen LogP contribution < -0.4 is 10.6 Å². The molecule has 2 N–H and O–H groups in total. The summed E-state index contributed by atoms with van der Waals surface area (Å²) in [5, 5.41) is 6.09. The standard InChI is InChI=1S/C16H20N2O2/c1-12-8-13(2)10-14(9-12)18-16(19)5-6-17-11-15-4-3-7-20-15/h3-4,7-10,17H,5-6,11H2,1-2H3,(H,18,19). The molecule has 0 aliphatic heterocycles. The number of furan rings is 1. The quantitative estimate of drug-likeness (QED) is 0.795. The average Bonchev–Trinajstić information content (AvgIpc) is 2.86. The zero-order valence-electron chi connectivity index (χ0n) is 11.9. The number of nitrogens with one attached hydrogen (secondary N) is 2. The smallest absolute Gasteiger partial charge is 0.225 e. The molecule has 20 heavy (non-hydrogen) atoms. The first-order valence-electron chi connectivity index (χ1n) is 6.75. The molecule has 4 nitrogen and oxygen atoms in total. The van der Waals surface area contributed by atoms with E-state index in [-0.39, 0.29) is 5.91 Å². The van der Waals surface area contributed by atoms with Gasteiger partial charge in [0.2, 0.25) is 5.91 Å². The zero-order chi connectivity index (χ0) is 14.4. The second kappa shape index (κ2) is 6.91. The van der Waals surface area contributed by atoms with Gasteiger partial charge < -0.3 is 15.1 Å². The van der Waals surface area contributed by atoms with Crippen LogP contribution in [0, 0.1) is 13.8 Å². The molecule has 2 aromatic rings. The van der Waals surface area contributed by atoms with Gasteiger partial charge in [0.1, 0.15) is 5.76 Å². The van der Waals surface area contributed by atoms with Crippen LogP contribution in [0.25, 0.3) is 0 Å². The molecule has 106 valence electrons. The Balaban J connectivity index is 1.72. The van der Waals surface area contributed by atoms with Crippen LogP contribution in [-0.4, -0.2) is 12.5 Å². The van der Waals surface area contributed by atoms with Gasteiger partial charge in [-0.1, -0.05) is 6.07 Å². The van der Waals surface area contributed by atoms with Gasteiger partial charge in [-0.15, -0.1) is 0 Å². The molecule has 0 saturated heterocycles. The Hall–Kier alpha value is -2.07. The Morgan fingerprint density at radius 1 is 1.20 bits per heavy atom. The molecule has 0 unspecified atom stereocenters. The number of hydrogen-bond donors (Lipinski definition) is 2. The van der Waals surface area contributed by atoms with Crippen LogP contribution in [0.15, 0.2) is 41.0 Å². The molecule has 0 aliphatic carbocycles. The summed E-state index contributed by atoms with van der Waals surface area (Å²) in [5.74, 6) is 0.890. The molecule has 2 rings (SSSR count). The van der Waals surface area contributed by atoms with E-state index in [1.165, 1.54) is 0 Å². The highest BCUT2D eigenvalue weighted by Crippen LogP contribution is 2.13. The van der Waals surface area contributed by atoms with Crippen molar-refractivity contribution < 1.29 is 9.21 Å². The predicted molar refractivity (Wildman–Crippen MR) is 79.6 cm³/mol. The summed E-state index contributed by atoms with van der Waals surface area (Å²) in [7, 11) is 0. The minimum atomic E-state index is 0.0157. The van der Waals surface area contributed by atoms with E-state index in [4.69, 9.17) is 4.42 Å². The summed E-state index contributed by atoms with van der Waals surface area (Å²) in [5.41, 5.74) is 3.16. The molecular weight excluding hydrogens is 252 g/mol. The van der Waals surface area contributed by atoms with E-state index in [1.54, 1.807) is 6.26 Å². The van der Waals surface area contributed by atoms with Gasteiger partial charge in [0.15, 0.2) is 0 Å². The molecule has 1 heterocycles. The van der Waals surface area contributed by atoms with E-state index in [9.17, 15) is 4.79 Å². The van der Waals surface area contributed by atoms with Gasteiger partial charge in [-0.3, -0.25) is 4.79 Å². The van der Waals surface area contributed by atoms with Crippen LogP contribution >= 0.6 is 0 Å². The van der Waals surface area contributed by atoms with Crippen molar-refractivity contribution in [2.75, 3.05) is 11.9 Å². The molecule has 1 amide bonds. The summed E-state index contributed by atoms with van der Waals surface area (Å²) < 4.78 is 5.20. The molecule has 0 bridgehead atoms. The van der Waals surface area contributed by atoms with Gasteiger partial charge in [0, 0.05) is 18.7 Å². The Bertz CT molecular complexity index is 542. The third-order valence-electron chi connectivity index (χ3n) is 2.91. The molecule has 0 spiro atoms. The first-order valence-corrected chi connectivity index (χ1v) is 6.75. The van der Waals surface area contributed by atoms with Gasteiger partial charge >= 0.3 is 0 Å². The number of amides is 1. The predicted octanol–water partition coefficient (Wildman–Crippen LogP) is 3.01. The van der Waals surface area contributed by atoms with Crippen molar-refractivity contribution >= 4 is 11.6 Å². The molecule has 0 radical (unpaired) electrons. The Morgan fingerprint density at radius 2 is 1.95 bits per heavy atom. The largest absolute Gasteiger partial charge is 0.468 e. The summed E-state index contributed by atoms with van der Waals surface area (Å²) in [4.78, 5) is 11.8. The van der Waals surface area contributed by atoms with Crippen LogP contribution in [0.5, 0.6) is 0 Å². The van der Waals surface area contributed by atoms with Crippen molar-refractivity contribution in [2.24, 2.45) is 0 Å². The molecule has 0 fully saturated rings. The summed E-state index contributed by atoms with van der Waals surface area (Å²) in [6, 6.07) is 9.79. The number of anilines is 1. The molecule has 0 saturated carbocycles. The van der Waals surface area contributed by atoms with E-state index < -0.39 is 0 Å². The lowest BCUT2D eigenvalue weighted by Crippen LogP contribution is -2.21. The number of aryl methyl sites for hydroxylation is 2. The number of carbonyl (C=O) groups is 1. The lowest BCUT2D eigenvalue weighted by molar-refractivity contribution is -0.116. The van der Waals surface area contributed by atoms with Crippen molar-refractivity contribution in [3.8, 4) is 0 Å². The minimum Gasteiger partial charge on any atom is -0.468 e. The SMILES string of the molecule is Cc1cc(C)cc(NC(=O)CCNCc2ccco2)c1. The maximum absolute atomic E-state index is 11.8. The molecule has 0 aliphatic rings. The molecular formula is C16H20N2O2. The highest BCUT2D eigenvalue weighted by Gasteiger charge is 2.03. The van der Waals surface area contributed by atoms with Crippen LogP contribution in [0.1, 0.15) is 23.3 Å². The molecule has 1 aromatic carbocycles. The number of carbonyl (C=O) groups excluding carboxylic acids is 1. The first kappa shape index (κ1) is 14.3. The summed E-state index contributed by atoms with van der Waals surface area (Å²) in [6.07, 6.45) is 2.08. The van der Waals surface area contributed by atoms with E-state index >= 15 is 0 Å². The molecule has 4 heteroatoms. The van der Waals surface area contributed by atoms with E-state index in [0.717, 1.165) is 22.6 Å². The van der Waals surface area contributed by atoms with Crippen molar-refractivity contribution in [3.63, 3.8) is 0 Å². The Morgan fingerprint density at radius 3 is 2.60 bits per heavy atom. The van der Waals surface area contributed by atoms with Gasteiger partial charge in [0.05, 0.1) is 12.8 Å². The minimum absolute atomic E-state index is 0.0157. The van der Waals surface area contributed by atoms with E-state index in [0.29, 0.717) is 19.5 Å². The summed E-state index contributed by atoms with van der Waals surface area (Å²) >= 11 is 0. The van der Waals surface area contributed by atoms with Crippen molar-refractivity contribution in [2.45, 2.75) is 26.8 Å². The number of hydrogen-bond acceptors (Lipinski definition) is 3. The highest BCUT2D eigenvalue weighted by atomic mass is 16.3. The van der Waals surface area contributed by atoms with Gasteiger partial charge in [-0.05, 0) is 49.2 Å². The van der Waals surface area contributed by atoms with Crippen LogP contribution in [0.4, 0.5) is 5.69 Å². The van der Waals surface area contributed by atoms with Gasteiger partial charge in [0.25, 0.3) is 0 Å². The lowest BCUT2D eigenvalue weighted by Gasteiger charge is -2.08. The Labute approximate surface area is 119 Å². The third-order valence-corrected chi connectivity index (χ3v) is 2.91. The second-order valence-corrected chi connectivity index (χ2v) is 4.93.